The summed E-state index contributed by atoms with van der Waals surface area (Å²) in [5.74, 6) is 2.07. The molecule has 0 heterocycles. The minimum atomic E-state index is 0.175. The van der Waals surface area contributed by atoms with Crippen molar-refractivity contribution in [3.63, 3.8) is 0 Å². The molecule has 0 saturated heterocycles. The maximum Gasteiger partial charge on any atom is 0.227 e. The molecular formula is C15H20N2O. The van der Waals surface area contributed by atoms with Crippen LogP contribution < -0.4 is 11.1 Å². The number of rotatable bonds is 2. The summed E-state index contributed by atoms with van der Waals surface area (Å²) < 4.78 is 0. The SMILES string of the molecule is Cc1cc(C)c(NC(=O)C2CC3CC3C2)cc1N. The summed E-state index contributed by atoms with van der Waals surface area (Å²) >= 11 is 0. The van der Waals surface area contributed by atoms with Gasteiger partial charge in [-0.2, -0.15) is 0 Å². The number of fused-ring (bicyclic) bond motifs is 1. The molecule has 1 amide bonds. The van der Waals surface area contributed by atoms with E-state index in [1.54, 1.807) is 0 Å². The van der Waals surface area contributed by atoms with Crippen molar-refractivity contribution in [2.75, 3.05) is 11.1 Å². The van der Waals surface area contributed by atoms with E-state index in [9.17, 15) is 4.79 Å². The van der Waals surface area contributed by atoms with Gasteiger partial charge in [0.25, 0.3) is 0 Å². The molecule has 2 atom stereocenters. The van der Waals surface area contributed by atoms with Crippen LogP contribution in [0.1, 0.15) is 30.4 Å². The predicted octanol–water partition coefficient (Wildman–Crippen LogP) is 2.87. The second-order valence-electron chi connectivity index (χ2n) is 5.94. The Kier molecular flexibility index (Phi) is 2.58. The zero-order valence-corrected chi connectivity index (χ0v) is 11.0. The Morgan fingerprint density at radius 2 is 1.83 bits per heavy atom. The van der Waals surface area contributed by atoms with Gasteiger partial charge in [-0.05, 0) is 62.1 Å². The van der Waals surface area contributed by atoms with Crippen molar-refractivity contribution in [1.82, 2.24) is 0 Å². The van der Waals surface area contributed by atoms with Crippen molar-refractivity contribution in [3.8, 4) is 0 Å². The fraction of sp³-hybridized carbons (Fsp3) is 0.533. The highest BCUT2D eigenvalue weighted by Gasteiger charge is 2.47. The molecule has 3 heteroatoms. The van der Waals surface area contributed by atoms with Gasteiger partial charge in [-0.25, -0.2) is 0 Å². The van der Waals surface area contributed by atoms with Crippen LogP contribution in [0, 0.1) is 31.6 Å². The van der Waals surface area contributed by atoms with Crippen LogP contribution in [0.4, 0.5) is 11.4 Å². The lowest BCUT2D eigenvalue weighted by Gasteiger charge is -2.15. The van der Waals surface area contributed by atoms with E-state index in [4.69, 9.17) is 5.73 Å². The Bertz CT molecular complexity index is 499. The van der Waals surface area contributed by atoms with Gasteiger partial charge in [-0.15, -0.1) is 0 Å². The topological polar surface area (TPSA) is 55.1 Å². The number of aryl methyl sites for hydroxylation is 2. The van der Waals surface area contributed by atoms with E-state index in [0.717, 1.165) is 47.2 Å². The summed E-state index contributed by atoms with van der Waals surface area (Å²) in [6.07, 6.45) is 3.51. The highest BCUT2D eigenvalue weighted by Crippen LogP contribution is 2.54. The van der Waals surface area contributed by atoms with Gasteiger partial charge in [-0.3, -0.25) is 4.79 Å². The predicted molar refractivity (Wildman–Crippen MR) is 73.3 cm³/mol. The van der Waals surface area contributed by atoms with Crippen LogP contribution in [0.25, 0.3) is 0 Å². The summed E-state index contributed by atoms with van der Waals surface area (Å²) in [7, 11) is 0. The van der Waals surface area contributed by atoms with Crippen LogP contribution in [-0.2, 0) is 4.79 Å². The molecule has 18 heavy (non-hydrogen) atoms. The summed E-state index contributed by atoms with van der Waals surface area (Å²) in [5.41, 5.74) is 9.65. The molecule has 1 aromatic carbocycles. The maximum absolute atomic E-state index is 12.2. The lowest BCUT2D eigenvalue weighted by atomic mass is 10.0. The zero-order chi connectivity index (χ0) is 12.9. The first-order valence-electron chi connectivity index (χ1n) is 6.72. The number of anilines is 2. The molecule has 3 rings (SSSR count). The standard InChI is InChI=1S/C15H20N2O/c1-8-3-9(2)14(7-13(8)16)17-15(18)12-5-10-4-11(10)6-12/h3,7,10-12H,4-6,16H2,1-2H3,(H,17,18). The molecule has 3 nitrogen and oxygen atoms in total. The molecular weight excluding hydrogens is 224 g/mol. The van der Waals surface area contributed by atoms with Crippen molar-refractivity contribution in [1.29, 1.82) is 0 Å². The van der Waals surface area contributed by atoms with Gasteiger partial charge < -0.3 is 11.1 Å². The fourth-order valence-electron chi connectivity index (χ4n) is 3.17. The van der Waals surface area contributed by atoms with E-state index in [-0.39, 0.29) is 11.8 Å². The molecule has 2 saturated carbocycles. The van der Waals surface area contributed by atoms with Gasteiger partial charge in [0, 0.05) is 17.3 Å². The zero-order valence-electron chi connectivity index (χ0n) is 11.0. The van der Waals surface area contributed by atoms with E-state index in [1.807, 2.05) is 26.0 Å². The van der Waals surface area contributed by atoms with Crippen molar-refractivity contribution in [2.24, 2.45) is 17.8 Å². The quantitative estimate of drug-likeness (QED) is 0.786. The summed E-state index contributed by atoms with van der Waals surface area (Å²) in [4.78, 5) is 12.2. The van der Waals surface area contributed by atoms with Crippen molar-refractivity contribution >= 4 is 17.3 Å². The number of carbonyl (C=O) groups excluding carboxylic acids is 1. The van der Waals surface area contributed by atoms with Crippen LogP contribution in [0.15, 0.2) is 12.1 Å². The van der Waals surface area contributed by atoms with Crippen LogP contribution >= 0.6 is 0 Å². The molecule has 2 fully saturated rings. The number of benzene rings is 1. The van der Waals surface area contributed by atoms with Gasteiger partial charge >= 0.3 is 0 Å². The molecule has 0 bridgehead atoms. The number of hydrogen-bond acceptors (Lipinski definition) is 2. The lowest BCUT2D eigenvalue weighted by molar-refractivity contribution is -0.120. The average molecular weight is 244 g/mol. The largest absolute Gasteiger partial charge is 0.398 e. The van der Waals surface area contributed by atoms with Crippen LogP contribution in [0.5, 0.6) is 0 Å². The summed E-state index contributed by atoms with van der Waals surface area (Å²) in [6, 6.07) is 3.90. The third kappa shape index (κ3) is 1.98. The van der Waals surface area contributed by atoms with E-state index in [2.05, 4.69) is 5.32 Å². The molecule has 2 aliphatic rings. The molecule has 1 aromatic rings. The summed E-state index contributed by atoms with van der Waals surface area (Å²) in [6.45, 7) is 3.99. The number of nitrogens with two attached hydrogens (primary N) is 1. The molecule has 96 valence electrons. The van der Waals surface area contributed by atoms with Crippen LogP contribution in [0.2, 0.25) is 0 Å². The number of carbonyl (C=O) groups is 1. The molecule has 2 unspecified atom stereocenters. The Morgan fingerprint density at radius 3 is 2.50 bits per heavy atom. The number of nitrogen functional groups attached to an aromatic ring is 1. The maximum atomic E-state index is 12.2. The normalized spacial score (nSPS) is 28.9. The van der Waals surface area contributed by atoms with Gasteiger partial charge in [-0.1, -0.05) is 6.07 Å². The Morgan fingerprint density at radius 1 is 1.17 bits per heavy atom. The Labute approximate surface area is 108 Å². The van der Waals surface area contributed by atoms with E-state index in [1.165, 1.54) is 6.42 Å². The third-order valence-corrected chi connectivity index (χ3v) is 4.49. The smallest absolute Gasteiger partial charge is 0.227 e. The Hall–Kier alpha value is -1.51. The first-order chi connectivity index (χ1) is 8.54. The highest BCUT2D eigenvalue weighted by atomic mass is 16.1. The van der Waals surface area contributed by atoms with Crippen LogP contribution in [0.3, 0.4) is 0 Å². The van der Waals surface area contributed by atoms with E-state index in [0.29, 0.717) is 0 Å². The van der Waals surface area contributed by atoms with Gasteiger partial charge in [0.15, 0.2) is 0 Å². The number of nitrogens with one attached hydrogen (secondary N) is 1. The second-order valence-corrected chi connectivity index (χ2v) is 5.94. The first kappa shape index (κ1) is 11.6. The first-order valence-corrected chi connectivity index (χ1v) is 6.72. The minimum Gasteiger partial charge on any atom is -0.398 e. The number of hydrogen-bond donors (Lipinski definition) is 2. The summed E-state index contributed by atoms with van der Waals surface area (Å²) in [5, 5.41) is 3.04. The second kappa shape index (κ2) is 4.01. The molecule has 0 aromatic heterocycles. The third-order valence-electron chi connectivity index (χ3n) is 4.49. The highest BCUT2D eigenvalue weighted by molar-refractivity contribution is 5.94. The van der Waals surface area contributed by atoms with E-state index < -0.39 is 0 Å². The molecule has 3 N–H and O–H groups in total. The fourth-order valence-corrected chi connectivity index (χ4v) is 3.17. The van der Waals surface area contributed by atoms with E-state index >= 15 is 0 Å². The monoisotopic (exact) mass is 244 g/mol. The van der Waals surface area contributed by atoms with Crippen molar-refractivity contribution < 1.29 is 4.79 Å². The van der Waals surface area contributed by atoms with Gasteiger partial charge in [0.05, 0.1) is 0 Å². The molecule has 0 radical (unpaired) electrons. The van der Waals surface area contributed by atoms with Gasteiger partial charge in [0.2, 0.25) is 5.91 Å². The molecule has 2 aliphatic carbocycles. The van der Waals surface area contributed by atoms with Crippen molar-refractivity contribution in [2.45, 2.75) is 33.1 Å². The minimum absolute atomic E-state index is 0.175. The average Bonchev–Trinajstić information content (AvgIpc) is 2.93. The van der Waals surface area contributed by atoms with Crippen LogP contribution in [-0.4, -0.2) is 5.91 Å². The Balaban J connectivity index is 1.72. The van der Waals surface area contributed by atoms with Crippen molar-refractivity contribution in [3.05, 3.63) is 23.3 Å². The number of amides is 1. The van der Waals surface area contributed by atoms with Gasteiger partial charge in [0.1, 0.15) is 0 Å². The lowest BCUT2D eigenvalue weighted by Crippen LogP contribution is -2.22. The molecule has 0 aliphatic heterocycles. The molecule has 0 spiro atoms.